The predicted octanol–water partition coefficient (Wildman–Crippen LogP) is 4.47. The summed E-state index contributed by atoms with van der Waals surface area (Å²) in [6, 6.07) is 10.3. The molecule has 20 heavy (non-hydrogen) atoms. The third-order valence-electron chi connectivity index (χ3n) is 3.00. The molecule has 0 radical (unpaired) electrons. The number of ether oxygens (including phenoxy) is 1. The summed E-state index contributed by atoms with van der Waals surface area (Å²) in [6.45, 7) is 5.70. The van der Waals surface area contributed by atoms with Gasteiger partial charge in [-0.05, 0) is 0 Å². The zero-order valence-electron chi connectivity index (χ0n) is 13.7. The Morgan fingerprint density at radius 3 is 2.05 bits per heavy atom. The zero-order valence-corrected chi connectivity index (χ0v) is 16.6. The van der Waals surface area contributed by atoms with Crippen LogP contribution >= 0.6 is 0 Å². The van der Waals surface area contributed by atoms with Gasteiger partial charge in [0, 0.05) is 0 Å². The molecule has 1 amide bonds. The number of benzene rings is 1. The summed E-state index contributed by atoms with van der Waals surface area (Å²) in [5.74, 6) is 0. The van der Waals surface area contributed by atoms with E-state index in [-0.39, 0.29) is 10.2 Å². The monoisotopic (exact) mass is 385 g/mol. The maximum atomic E-state index is 12.4. The van der Waals surface area contributed by atoms with E-state index in [9.17, 15) is 4.79 Å². The molecule has 0 heterocycles. The van der Waals surface area contributed by atoms with E-state index in [0.717, 1.165) is 0 Å². The van der Waals surface area contributed by atoms with E-state index in [4.69, 9.17) is 4.74 Å². The standard InChI is InChI=1S/C13H18NO2.3CH3.Sn/c1-13(2,3)16-12(15)14(4)10-11-8-6-5-7-9-11;;;;/h5-10H,1-4H3;3*1H3;. The van der Waals surface area contributed by atoms with E-state index in [2.05, 4.69) is 27.0 Å². The Balaban J connectivity index is 3.04. The molecule has 0 fully saturated rings. The van der Waals surface area contributed by atoms with Gasteiger partial charge >= 0.3 is 127 Å². The van der Waals surface area contributed by atoms with Crippen molar-refractivity contribution in [2.24, 2.45) is 0 Å². The van der Waals surface area contributed by atoms with E-state index in [1.165, 1.54) is 5.56 Å². The van der Waals surface area contributed by atoms with Crippen LogP contribution in [-0.2, 0) is 4.74 Å². The van der Waals surface area contributed by atoms with Crippen molar-refractivity contribution >= 4 is 24.5 Å². The summed E-state index contributed by atoms with van der Waals surface area (Å²) in [5, 5.41) is 0. The van der Waals surface area contributed by atoms with Crippen LogP contribution in [0.1, 0.15) is 30.4 Å². The van der Waals surface area contributed by atoms with Crippen LogP contribution in [0.25, 0.3) is 0 Å². The van der Waals surface area contributed by atoms with Crippen molar-refractivity contribution in [2.75, 3.05) is 7.05 Å². The minimum absolute atomic E-state index is 0.181. The summed E-state index contributed by atoms with van der Waals surface area (Å²) in [5.41, 5.74) is 0.754. The van der Waals surface area contributed by atoms with Crippen LogP contribution in [-0.4, -0.2) is 42.0 Å². The normalized spacial score (nSPS) is 13.8. The zero-order chi connectivity index (χ0) is 15.6. The average molecular weight is 384 g/mol. The number of hydrogen-bond donors (Lipinski definition) is 0. The van der Waals surface area contributed by atoms with Crippen molar-refractivity contribution < 1.29 is 9.53 Å². The Labute approximate surface area is 127 Å². The topological polar surface area (TPSA) is 29.5 Å². The molecule has 4 heteroatoms. The van der Waals surface area contributed by atoms with Gasteiger partial charge in [0.2, 0.25) is 0 Å². The number of hydrogen-bond acceptors (Lipinski definition) is 2. The first-order valence-corrected chi connectivity index (χ1v) is 17.2. The van der Waals surface area contributed by atoms with Gasteiger partial charge in [-0.1, -0.05) is 0 Å². The molecule has 1 aromatic rings. The fourth-order valence-electron chi connectivity index (χ4n) is 2.38. The number of amides is 1. The maximum absolute atomic E-state index is 12.4. The second-order valence-corrected chi connectivity index (χ2v) is 22.3. The molecular formula is C16H27NO2Sn. The van der Waals surface area contributed by atoms with E-state index < -0.39 is 24.0 Å². The second kappa shape index (κ2) is 6.37. The first-order valence-electron chi connectivity index (χ1n) is 7.03. The van der Waals surface area contributed by atoms with E-state index in [0.29, 0.717) is 0 Å². The molecule has 1 rings (SSSR count). The molecule has 1 aromatic carbocycles. The van der Waals surface area contributed by atoms with Crippen molar-refractivity contribution in [3.63, 3.8) is 0 Å². The Morgan fingerprint density at radius 2 is 1.65 bits per heavy atom. The summed E-state index contributed by atoms with van der Waals surface area (Å²) in [7, 11) is 1.86. The van der Waals surface area contributed by atoms with Gasteiger partial charge in [-0.3, -0.25) is 0 Å². The molecule has 0 aliphatic carbocycles. The number of carbonyl (C=O) groups excluding carboxylic acids is 1. The van der Waals surface area contributed by atoms with Crippen LogP contribution in [0.15, 0.2) is 30.3 Å². The van der Waals surface area contributed by atoms with Gasteiger partial charge in [-0.25, -0.2) is 0 Å². The van der Waals surface area contributed by atoms with E-state index in [1.54, 1.807) is 4.90 Å². The number of carbonyl (C=O) groups is 1. The first kappa shape index (κ1) is 17.3. The van der Waals surface area contributed by atoms with Gasteiger partial charge in [0.25, 0.3) is 0 Å². The molecule has 112 valence electrons. The molecule has 0 aromatic heterocycles. The predicted molar refractivity (Wildman–Crippen MR) is 86.5 cm³/mol. The summed E-state index contributed by atoms with van der Waals surface area (Å²) >= 11 is -2.39. The molecule has 1 atom stereocenters. The van der Waals surface area contributed by atoms with Gasteiger partial charge < -0.3 is 0 Å². The van der Waals surface area contributed by atoms with Gasteiger partial charge in [0.05, 0.1) is 0 Å². The van der Waals surface area contributed by atoms with Gasteiger partial charge in [-0.2, -0.15) is 0 Å². The molecule has 0 saturated heterocycles. The van der Waals surface area contributed by atoms with Crippen molar-refractivity contribution in [3.05, 3.63) is 35.9 Å². The third kappa shape index (κ3) is 5.00. The Hall–Kier alpha value is -0.711. The number of rotatable bonds is 3. The third-order valence-corrected chi connectivity index (χ3v) is 9.74. The summed E-state index contributed by atoms with van der Waals surface area (Å²) < 4.78 is 5.70. The van der Waals surface area contributed by atoms with Crippen LogP contribution in [0.4, 0.5) is 4.79 Å². The second-order valence-electron chi connectivity index (χ2n) is 7.27. The molecule has 0 N–H and O–H groups in total. The first-order chi connectivity index (χ1) is 9.02. The summed E-state index contributed by atoms with van der Waals surface area (Å²) in [4.78, 5) is 21.2. The molecule has 0 spiro atoms. The fourth-order valence-corrected chi connectivity index (χ4v) is 9.40. The molecule has 0 aliphatic heterocycles. The average Bonchev–Trinajstić information content (AvgIpc) is 2.26. The van der Waals surface area contributed by atoms with Crippen LogP contribution < -0.4 is 0 Å². The van der Waals surface area contributed by atoms with Crippen LogP contribution in [0.3, 0.4) is 0 Å². The Kier molecular flexibility index (Phi) is 5.53. The number of nitrogens with zero attached hydrogens (tertiary/aromatic N) is 1. The molecular weight excluding hydrogens is 357 g/mol. The van der Waals surface area contributed by atoms with Crippen molar-refractivity contribution in [1.82, 2.24) is 4.90 Å². The van der Waals surface area contributed by atoms with Crippen LogP contribution in [0.2, 0.25) is 14.8 Å². The minimum atomic E-state index is -2.39. The fraction of sp³-hybridized carbons (Fsp3) is 0.562. The van der Waals surface area contributed by atoms with Crippen molar-refractivity contribution in [1.29, 1.82) is 0 Å². The van der Waals surface area contributed by atoms with E-state index in [1.807, 2.05) is 46.0 Å². The van der Waals surface area contributed by atoms with Gasteiger partial charge in [0.15, 0.2) is 0 Å². The summed E-state index contributed by atoms with van der Waals surface area (Å²) in [6.07, 6.45) is -0.238. The van der Waals surface area contributed by atoms with Crippen molar-refractivity contribution in [2.45, 2.75) is 45.2 Å². The molecule has 0 saturated carbocycles. The van der Waals surface area contributed by atoms with Gasteiger partial charge in [0.1, 0.15) is 0 Å². The Morgan fingerprint density at radius 1 is 1.15 bits per heavy atom. The molecule has 1 unspecified atom stereocenters. The van der Waals surface area contributed by atoms with Crippen LogP contribution in [0.5, 0.6) is 0 Å². The molecule has 0 aliphatic rings. The molecule has 3 nitrogen and oxygen atoms in total. The van der Waals surface area contributed by atoms with Crippen molar-refractivity contribution in [3.8, 4) is 0 Å². The van der Waals surface area contributed by atoms with Crippen LogP contribution in [0, 0.1) is 0 Å². The van der Waals surface area contributed by atoms with E-state index >= 15 is 0 Å². The molecule has 0 bridgehead atoms. The Bertz CT molecular complexity index is 446. The SMILES string of the molecule is CN(C(=O)OC(C)(C)C)[CH](c1ccccc1)[Sn]([CH3])([CH3])[CH3]. The quantitative estimate of drug-likeness (QED) is 0.720. The van der Waals surface area contributed by atoms with Gasteiger partial charge in [-0.15, -0.1) is 0 Å².